The van der Waals surface area contributed by atoms with Crippen LogP contribution in [0.3, 0.4) is 0 Å². The van der Waals surface area contributed by atoms with E-state index in [1.807, 2.05) is 19.1 Å². The zero-order valence-electron chi connectivity index (χ0n) is 8.62. The van der Waals surface area contributed by atoms with E-state index < -0.39 is 0 Å². The van der Waals surface area contributed by atoms with E-state index in [1.165, 1.54) is 5.56 Å². The molecule has 0 saturated heterocycles. The maximum atomic E-state index is 9.56. The minimum absolute atomic E-state index is 0.304. The minimum Gasteiger partial charge on any atom is -0.388 e. The Labute approximate surface area is 80.4 Å². The second kappa shape index (κ2) is 4.43. The summed E-state index contributed by atoms with van der Waals surface area (Å²) in [6, 6.07) is 8.23. The summed E-state index contributed by atoms with van der Waals surface area (Å²) in [5, 5.41) is 9.56. The fourth-order valence-corrected chi connectivity index (χ4v) is 1.34. The summed E-state index contributed by atoms with van der Waals surface area (Å²) in [4.78, 5) is 0. The molecule has 13 heavy (non-hydrogen) atoms. The molecule has 0 aliphatic carbocycles. The van der Waals surface area contributed by atoms with E-state index in [4.69, 9.17) is 0 Å². The molecule has 1 aromatic rings. The maximum Gasteiger partial charge on any atom is 0.0787 e. The van der Waals surface area contributed by atoms with Crippen LogP contribution in [0.5, 0.6) is 0 Å². The molecule has 0 radical (unpaired) electrons. The molecule has 0 aromatic heterocycles. The molecule has 1 heteroatoms. The van der Waals surface area contributed by atoms with E-state index in [9.17, 15) is 5.11 Å². The Hall–Kier alpha value is -0.820. The SMILES string of the molecule is CCC(O)c1ccc(C(C)C)cc1. The number of hydrogen-bond acceptors (Lipinski definition) is 1. The van der Waals surface area contributed by atoms with E-state index in [0.29, 0.717) is 5.92 Å². The van der Waals surface area contributed by atoms with Gasteiger partial charge in [-0.15, -0.1) is 0 Å². The van der Waals surface area contributed by atoms with Crippen molar-refractivity contribution in [2.24, 2.45) is 0 Å². The van der Waals surface area contributed by atoms with E-state index in [-0.39, 0.29) is 6.10 Å². The molecule has 0 fully saturated rings. The molecular weight excluding hydrogens is 160 g/mol. The van der Waals surface area contributed by atoms with Gasteiger partial charge in [-0.2, -0.15) is 0 Å². The normalized spacial score (nSPS) is 13.3. The van der Waals surface area contributed by atoms with Crippen LogP contribution in [0.15, 0.2) is 24.3 Å². The second-order valence-electron chi connectivity index (χ2n) is 3.75. The van der Waals surface area contributed by atoms with Gasteiger partial charge in [-0.3, -0.25) is 0 Å². The molecule has 0 amide bonds. The molecule has 0 bridgehead atoms. The molecule has 0 aliphatic rings. The van der Waals surface area contributed by atoms with Crippen molar-refractivity contribution in [3.63, 3.8) is 0 Å². The molecule has 1 nitrogen and oxygen atoms in total. The van der Waals surface area contributed by atoms with E-state index in [1.54, 1.807) is 0 Å². The number of benzene rings is 1. The number of rotatable bonds is 3. The molecule has 1 atom stereocenters. The van der Waals surface area contributed by atoms with Crippen LogP contribution in [0, 0.1) is 0 Å². The van der Waals surface area contributed by atoms with Crippen molar-refractivity contribution in [3.05, 3.63) is 35.4 Å². The van der Waals surface area contributed by atoms with Crippen LogP contribution < -0.4 is 0 Å². The van der Waals surface area contributed by atoms with Crippen LogP contribution in [0.25, 0.3) is 0 Å². The molecular formula is C12H18O. The Morgan fingerprint density at radius 1 is 1.08 bits per heavy atom. The Morgan fingerprint density at radius 2 is 1.54 bits per heavy atom. The standard InChI is InChI=1S/C12H18O/c1-4-12(13)11-7-5-10(6-8-11)9(2)3/h5-9,12-13H,4H2,1-3H3. The van der Waals surface area contributed by atoms with Crippen molar-refractivity contribution in [2.45, 2.75) is 39.2 Å². The predicted molar refractivity (Wildman–Crippen MR) is 55.8 cm³/mol. The van der Waals surface area contributed by atoms with Crippen molar-refractivity contribution in [2.75, 3.05) is 0 Å². The molecule has 0 aliphatic heterocycles. The smallest absolute Gasteiger partial charge is 0.0787 e. The highest BCUT2D eigenvalue weighted by Gasteiger charge is 2.04. The second-order valence-corrected chi connectivity index (χ2v) is 3.75. The average Bonchev–Trinajstić information content (AvgIpc) is 2.17. The summed E-state index contributed by atoms with van der Waals surface area (Å²) < 4.78 is 0. The summed E-state index contributed by atoms with van der Waals surface area (Å²) in [6.45, 7) is 6.33. The molecule has 1 N–H and O–H groups in total. The van der Waals surface area contributed by atoms with Crippen molar-refractivity contribution in [1.29, 1.82) is 0 Å². The van der Waals surface area contributed by atoms with Gasteiger partial charge < -0.3 is 5.11 Å². The highest BCUT2D eigenvalue weighted by molar-refractivity contribution is 5.25. The molecule has 0 spiro atoms. The lowest BCUT2D eigenvalue weighted by Gasteiger charge is -2.10. The van der Waals surface area contributed by atoms with Gasteiger partial charge in [0.2, 0.25) is 0 Å². The largest absolute Gasteiger partial charge is 0.388 e. The van der Waals surface area contributed by atoms with Gasteiger partial charge in [-0.1, -0.05) is 45.0 Å². The zero-order chi connectivity index (χ0) is 9.84. The Balaban J connectivity index is 2.81. The lowest BCUT2D eigenvalue weighted by atomic mass is 9.99. The lowest BCUT2D eigenvalue weighted by Crippen LogP contribution is -1.95. The van der Waals surface area contributed by atoms with E-state index in [0.717, 1.165) is 12.0 Å². The molecule has 0 heterocycles. The summed E-state index contributed by atoms with van der Waals surface area (Å²) in [6.07, 6.45) is 0.474. The third kappa shape index (κ3) is 2.56. The fraction of sp³-hybridized carbons (Fsp3) is 0.500. The van der Waals surface area contributed by atoms with E-state index in [2.05, 4.69) is 26.0 Å². The van der Waals surface area contributed by atoms with Crippen LogP contribution in [0.1, 0.15) is 50.3 Å². The molecule has 0 saturated carbocycles. The maximum absolute atomic E-state index is 9.56. The van der Waals surface area contributed by atoms with Crippen molar-refractivity contribution in [3.8, 4) is 0 Å². The van der Waals surface area contributed by atoms with Gasteiger partial charge in [0.25, 0.3) is 0 Å². The van der Waals surface area contributed by atoms with Gasteiger partial charge in [-0.25, -0.2) is 0 Å². The Kier molecular flexibility index (Phi) is 3.49. The number of hydrogen-bond donors (Lipinski definition) is 1. The fourth-order valence-electron chi connectivity index (χ4n) is 1.34. The van der Waals surface area contributed by atoms with Crippen molar-refractivity contribution in [1.82, 2.24) is 0 Å². The topological polar surface area (TPSA) is 20.2 Å². The zero-order valence-corrected chi connectivity index (χ0v) is 8.62. The lowest BCUT2D eigenvalue weighted by molar-refractivity contribution is 0.173. The molecule has 1 aromatic carbocycles. The highest BCUT2D eigenvalue weighted by atomic mass is 16.3. The predicted octanol–water partition coefficient (Wildman–Crippen LogP) is 3.25. The first-order valence-electron chi connectivity index (χ1n) is 4.93. The van der Waals surface area contributed by atoms with Gasteiger partial charge >= 0.3 is 0 Å². The van der Waals surface area contributed by atoms with Crippen LogP contribution in [-0.4, -0.2) is 5.11 Å². The van der Waals surface area contributed by atoms with E-state index >= 15 is 0 Å². The average molecular weight is 178 g/mol. The molecule has 1 rings (SSSR count). The Morgan fingerprint density at radius 3 is 1.92 bits per heavy atom. The minimum atomic E-state index is -0.304. The highest BCUT2D eigenvalue weighted by Crippen LogP contribution is 2.20. The number of aliphatic hydroxyl groups is 1. The third-order valence-electron chi connectivity index (χ3n) is 2.37. The first kappa shape index (κ1) is 10.3. The molecule has 72 valence electrons. The van der Waals surface area contributed by atoms with Crippen LogP contribution >= 0.6 is 0 Å². The molecule has 1 unspecified atom stereocenters. The summed E-state index contributed by atoms with van der Waals surface area (Å²) in [7, 11) is 0. The van der Waals surface area contributed by atoms with Crippen molar-refractivity contribution >= 4 is 0 Å². The summed E-state index contributed by atoms with van der Waals surface area (Å²) in [5.41, 5.74) is 2.35. The first-order chi connectivity index (χ1) is 6.15. The van der Waals surface area contributed by atoms with Gasteiger partial charge in [0.05, 0.1) is 6.10 Å². The van der Waals surface area contributed by atoms with Gasteiger partial charge in [0.1, 0.15) is 0 Å². The quantitative estimate of drug-likeness (QED) is 0.753. The summed E-state index contributed by atoms with van der Waals surface area (Å²) in [5.74, 6) is 0.563. The van der Waals surface area contributed by atoms with Crippen molar-refractivity contribution < 1.29 is 5.11 Å². The monoisotopic (exact) mass is 178 g/mol. The van der Waals surface area contributed by atoms with Gasteiger partial charge in [-0.05, 0) is 23.5 Å². The van der Waals surface area contributed by atoms with Gasteiger partial charge in [0.15, 0.2) is 0 Å². The Bertz CT molecular complexity index is 248. The van der Waals surface area contributed by atoms with Crippen LogP contribution in [-0.2, 0) is 0 Å². The summed E-state index contributed by atoms with van der Waals surface area (Å²) >= 11 is 0. The third-order valence-corrected chi connectivity index (χ3v) is 2.37. The van der Waals surface area contributed by atoms with Crippen LogP contribution in [0.2, 0.25) is 0 Å². The first-order valence-corrected chi connectivity index (χ1v) is 4.93. The van der Waals surface area contributed by atoms with Gasteiger partial charge in [0, 0.05) is 0 Å². The van der Waals surface area contributed by atoms with Crippen LogP contribution in [0.4, 0.5) is 0 Å². The number of aliphatic hydroxyl groups excluding tert-OH is 1.